The van der Waals surface area contributed by atoms with E-state index >= 15 is 0 Å². The Bertz CT molecular complexity index is 538. The van der Waals surface area contributed by atoms with Crippen molar-refractivity contribution in [2.75, 3.05) is 0 Å². The number of nitrogens with two attached hydrogens (primary N) is 1. The monoisotopic (exact) mass is 206 g/mol. The highest BCUT2D eigenvalue weighted by atomic mass is 16.1. The average Bonchev–Trinajstić information content (AvgIpc) is 2.61. The first-order valence-corrected chi connectivity index (χ1v) is 4.93. The van der Waals surface area contributed by atoms with Crippen molar-refractivity contribution in [3.05, 3.63) is 33.9 Å². The van der Waals surface area contributed by atoms with Crippen molar-refractivity contribution >= 4 is 5.65 Å². The molecule has 0 saturated carbocycles. The van der Waals surface area contributed by atoms with Gasteiger partial charge in [-0.2, -0.15) is 0 Å². The lowest BCUT2D eigenvalue weighted by Crippen LogP contribution is -2.17. The van der Waals surface area contributed by atoms with Crippen molar-refractivity contribution in [2.45, 2.75) is 26.3 Å². The van der Waals surface area contributed by atoms with Gasteiger partial charge in [0.15, 0.2) is 5.65 Å². The molecule has 5 nitrogen and oxygen atoms in total. The van der Waals surface area contributed by atoms with Crippen LogP contribution < -0.4 is 11.3 Å². The van der Waals surface area contributed by atoms with Crippen LogP contribution in [-0.4, -0.2) is 14.6 Å². The molecule has 0 aliphatic heterocycles. The molecule has 2 heterocycles. The van der Waals surface area contributed by atoms with Gasteiger partial charge in [0.25, 0.3) is 5.56 Å². The fourth-order valence-corrected chi connectivity index (χ4v) is 1.46. The van der Waals surface area contributed by atoms with E-state index in [0.717, 1.165) is 5.69 Å². The zero-order chi connectivity index (χ0) is 11.0. The molecule has 2 aromatic heterocycles. The number of fused-ring (bicyclic) bond motifs is 1. The molecule has 0 fully saturated rings. The Hall–Kier alpha value is -1.62. The van der Waals surface area contributed by atoms with E-state index in [1.54, 1.807) is 0 Å². The summed E-state index contributed by atoms with van der Waals surface area (Å²) in [5, 5.41) is 3.02. The van der Waals surface area contributed by atoms with Crippen LogP contribution in [0.25, 0.3) is 5.65 Å². The fraction of sp³-hybridized carbons (Fsp3) is 0.400. The van der Waals surface area contributed by atoms with Gasteiger partial charge in [-0.3, -0.25) is 9.89 Å². The molecule has 3 N–H and O–H groups in total. The molecule has 0 amide bonds. The Balaban J connectivity index is 2.70. The van der Waals surface area contributed by atoms with Gasteiger partial charge in [0.05, 0.1) is 5.69 Å². The molecule has 2 rings (SSSR count). The summed E-state index contributed by atoms with van der Waals surface area (Å²) in [6.45, 7) is 4.40. The lowest BCUT2D eigenvalue weighted by atomic mass is 10.1. The van der Waals surface area contributed by atoms with Crippen molar-refractivity contribution in [3.63, 3.8) is 0 Å². The molecule has 0 aliphatic carbocycles. The topological polar surface area (TPSA) is 76.2 Å². The summed E-state index contributed by atoms with van der Waals surface area (Å²) in [5.41, 5.74) is 7.58. The van der Waals surface area contributed by atoms with Gasteiger partial charge in [-0.1, -0.05) is 13.8 Å². The van der Waals surface area contributed by atoms with E-state index in [9.17, 15) is 4.79 Å². The summed E-state index contributed by atoms with van der Waals surface area (Å²) in [7, 11) is 0. The third-order valence-corrected chi connectivity index (χ3v) is 2.35. The molecule has 0 aliphatic rings. The second-order valence-electron chi connectivity index (χ2n) is 3.85. The highest BCUT2D eigenvalue weighted by molar-refractivity contribution is 5.40. The van der Waals surface area contributed by atoms with Crippen LogP contribution in [0.2, 0.25) is 0 Å². The Kier molecular flexibility index (Phi) is 2.32. The first-order chi connectivity index (χ1) is 7.11. The summed E-state index contributed by atoms with van der Waals surface area (Å²) in [6.07, 6.45) is 0. The maximum Gasteiger partial charge on any atom is 0.272 e. The molecule has 0 radical (unpaired) electrons. The van der Waals surface area contributed by atoms with Crippen molar-refractivity contribution in [1.29, 1.82) is 0 Å². The van der Waals surface area contributed by atoms with Crippen LogP contribution in [0.3, 0.4) is 0 Å². The molecule has 15 heavy (non-hydrogen) atoms. The molecular formula is C10H14N4O. The van der Waals surface area contributed by atoms with E-state index in [4.69, 9.17) is 5.73 Å². The molecule has 0 unspecified atom stereocenters. The van der Waals surface area contributed by atoms with Gasteiger partial charge in [-0.15, -0.1) is 0 Å². The van der Waals surface area contributed by atoms with E-state index in [0.29, 0.717) is 17.3 Å². The lowest BCUT2D eigenvalue weighted by Gasteiger charge is -1.97. The average molecular weight is 206 g/mol. The van der Waals surface area contributed by atoms with Gasteiger partial charge in [0.2, 0.25) is 0 Å². The largest absolute Gasteiger partial charge is 0.325 e. The van der Waals surface area contributed by atoms with E-state index in [1.165, 1.54) is 10.6 Å². The Morgan fingerprint density at radius 2 is 2.27 bits per heavy atom. The number of aromatic amines is 1. The predicted molar refractivity (Wildman–Crippen MR) is 57.8 cm³/mol. The minimum atomic E-state index is -0.118. The van der Waals surface area contributed by atoms with Crippen molar-refractivity contribution in [2.24, 2.45) is 5.73 Å². The van der Waals surface area contributed by atoms with Gasteiger partial charge in [0.1, 0.15) is 0 Å². The molecule has 0 saturated heterocycles. The third kappa shape index (κ3) is 1.66. The number of rotatable bonds is 2. The van der Waals surface area contributed by atoms with Gasteiger partial charge in [-0.25, -0.2) is 9.50 Å². The second-order valence-corrected chi connectivity index (χ2v) is 3.85. The first kappa shape index (κ1) is 9.92. The zero-order valence-corrected chi connectivity index (χ0v) is 8.82. The summed E-state index contributed by atoms with van der Waals surface area (Å²) < 4.78 is 1.44. The lowest BCUT2D eigenvalue weighted by molar-refractivity contribution is 0.773. The molecule has 80 valence electrons. The van der Waals surface area contributed by atoms with Crippen LogP contribution in [0.1, 0.15) is 31.2 Å². The number of hydrogen-bond donors (Lipinski definition) is 2. The zero-order valence-electron chi connectivity index (χ0n) is 8.82. The predicted octanol–water partition coefficient (Wildman–Crippen LogP) is 0.605. The molecule has 0 bridgehead atoms. The molecule has 0 spiro atoms. The minimum absolute atomic E-state index is 0.118. The minimum Gasteiger partial charge on any atom is -0.325 e. The van der Waals surface area contributed by atoms with E-state index in [-0.39, 0.29) is 12.1 Å². The van der Waals surface area contributed by atoms with Crippen LogP contribution in [-0.2, 0) is 6.54 Å². The molecule has 2 aromatic rings. The van der Waals surface area contributed by atoms with E-state index < -0.39 is 0 Å². The Morgan fingerprint density at radius 3 is 2.87 bits per heavy atom. The highest BCUT2D eigenvalue weighted by Gasteiger charge is 2.07. The molecule has 0 atom stereocenters. The van der Waals surface area contributed by atoms with Crippen LogP contribution >= 0.6 is 0 Å². The standard InChI is InChI=1S/C10H14N4O/c1-6(2)8-4-9-12-7(5-11)3-10(15)14(9)13-8/h3-4,6,13H,5,11H2,1-2H3. The van der Waals surface area contributed by atoms with Crippen LogP contribution in [0.15, 0.2) is 16.9 Å². The van der Waals surface area contributed by atoms with E-state index in [1.807, 2.05) is 6.07 Å². The Labute approximate surface area is 86.9 Å². The quantitative estimate of drug-likeness (QED) is 0.755. The smallest absolute Gasteiger partial charge is 0.272 e. The van der Waals surface area contributed by atoms with E-state index in [2.05, 4.69) is 23.9 Å². The van der Waals surface area contributed by atoms with Gasteiger partial charge >= 0.3 is 0 Å². The first-order valence-electron chi connectivity index (χ1n) is 4.93. The number of hydrogen-bond acceptors (Lipinski definition) is 3. The van der Waals surface area contributed by atoms with Crippen LogP contribution in [0, 0.1) is 0 Å². The van der Waals surface area contributed by atoms with Gasteiger partial charge in [-0.05, 0) is 5.92 Å². The van der Waals surface area contributed by atoms with Crippen molar-refractivity contribution < 1.29 is 0 Å². The van der Waals surface area contributed by atoms with Gasteiger partial charge < -0.3 is 5.73 Å². The van der Waals surface area contributed by atoms with Crippen LogP contribution in [0.5, 0.6) is 0 Å². The molecule has 0 aromatic carbocycles. The summed E-state index contributed by atoms with van der Waals surface area (Å²) >= 11 is 0. The van der Waals surface area contributed by atoms with Crippen molar-refractivity contribution in [3.8, 4) is 0 Å². The number of nitrogens with zero attached hydrogens (tertiary/aromatic N) is 2. The maximum atomic E-state index is 11.6. The van der Waals surface area contributed by atoms with Gasteiger partial charge in [0, 0.05) is 24.4 Å². The Morgan fingerprint density at radius 1 is 1.53 bits per heavy atom. The highest BCUT2D eigenvalue weighted by Crippen LogP contribution is 2.12. The number of H-pyrrole nitrogens is 1. The molecular weight excluding hydrogens is 192 g/mol. The summed E-state index contributed by atoms with van der Waals surface area (Å²) in [4.78, 5) is 15.9. The van der Waals surface area contributed by atoms with Crippen LogP contribution in [0.4, 0.5) is 0 Å². The normalized spacial score (nSPS) is 11.5. The third-order valence-electron chi connectivity index (χ3n) is 2.35. The summed E-state index contributed by atoms with van der Waals surface area (Å²) in [6, 6.07) is 3.33. The molecule has 5 heteroatoms. The second kappa shape index (κ2) is 3.51. The summed E-state index contributed by atoms with van der Waals surface area (Å²) in [5.74, 6) is 0.340. The fourth-order valence-electron chi connectivity index (χ4n) is 1.46. The SMILES string of the molecule is CC(C)c1cc2nc(CN)cc(=O)n2[nH]1. The maximum absolute atomic E-state index is 11.6. The number of nitrogens with one attached hydrogen (secondary N) is 1. The number of aromatic nitrogens is 3. The van der Waals surface area contributed by atoms with Crippen molar-refractivity contribution in [1.82, 2.24) is 14.6 Å².